The maximum Gasteiger partial charge on any atom is 0.343 e. The van der Waals surface area contributed by atoms with E-state index in [-0.39, 0.29) is 29.0 Å². The lowest BCUT2D eigenvalue weighted by molar-refractivity contribution is -0.123. The Balaban J connectivity index is 1.44. The van der Waals surface area contributed by atoms with E-state index in [1.54, 1.807) is 55.7 Å². The van der Waals surface area contributed by atoms with Crippen LogP contribution in [-0.4, -0.2) is 48.9 Å². The first-order valence-electron chi connectivity index (χ1n) is 12.0. The predicted octanol–water partition coefficient (Wildman–Crippen LogP) is 5.74. The summed E-state index contributed by atoms with van der Waals surface area (Å²) in [5.74, 6) is 0.803. The van der Waals surface area contributed by atoms with Crippen LogP contribution in [-0.2, 0) is 4.79 Å². The molecule has 1 aliphatic heterocycles. The number of thioether (sulfide) groups is 1. The molecule has 3 aromatic rings. The van der Waals surface area contributed by atoms with Crippen molar-refractivity contribution in [2.24, 2.45) is 0 Å². The van der Waals surface area contributed by atoms with Gasteiger partial charge in [0.15, 0.2) is 23.0 Å². The van der Waals surface area contributed by atoms with E-state index < -0.39 is 11.9 Å². The van der Waals surface area contributed by atoms with E-state index in [0.29, 0.717) is 35.0 Å². The Labute approximate surface area is 225 Å². The highest BCUT2D eigenvalue weighted by atomic mass is 32.2. The molecule has 0 N–H and O–H groups in total. The summed E-state index contributed by atoms with van der Waals surface area (Å²) in [6, 6.07) is 19.2. The molecule has 0 atom stereocenters. The summed E-state index contributed by atoms with van der Waals surface area (Å²) in [6.07, 6.45) is 1.61. The van der Waals surface area contributed by atoms with Gasteiger partial charge >= 0.3 is 5.97 Å². The van der Waals surface area contributed by atoms with Gasteiger partial charge in [-0.05, 0) is 73.6 Å². The molecule has 0 bridgehead atoms. The van der Waals surface area contributed by atoms with Gasteiger partial charge in [-0.25, -0.2) is 4.79 Å². The molecule has 1 saturated heterocycles. The number of carbonyl (C=O) groups excluding carboxylic acids is 3. The lowest BCUT2D eigenvalue weighted by Gasteiger charge is -2.14. The molecule has 38 heavy (non-hydrogen) atoms. The van der Waals surface area contributed by atoms with Crippen LogP contribution < -0.4 is 18.9 Å². The monoisotopic (exact) mass is 533 g/mol. The number of carbonyl (C=O) groups is 3. The van der Waals surface area contributed by atoms with E-state index in [9.17, 15) is 14.4 Å². The molecule has 0 aliphatic carbocycles. The Morgan fingerprint density at radius 2 is 1.66 bits per heavy atom. The van der Waals surface area contributed by atoms with Crippen molar-refractivity contribution in [1.29, 1.82) is 0 Å². The van der Waals surface area contributed by atoms with Crippen molar-refractivity contribution >= 4 is 35.0 Å². The molecular weight excluding hydrogens is 506 g/mol. The number of esters is 1. The predicted molar refractivity (Wildman–Crippen MR) is 145 cm³/mol. The van der Waals surface area contributed by atoms with Gasteiger partial charge in [0.2, 0.25) is 0 Å². The number of ether oxygens (including phenoxy) is 4. The molecule has 1 fully saturated rings. The highest BCUT2D eigenvalue weighted by Crippen LogP contribution is 2.35. The second-order valence-electron chi connectivity index (χ2n) is 8.23. The lowest BCUT2D eigenvalue weighted by atomic mass is 10.1. The third kappa shape index (κ3) is 6.36. The number of hydrogen-bond acceptors (Lipinski definition) is 8. The second-order valence-corrected chi connectivity index (χ2v) is 9.22. The minimum absolute atomic E-state index is 0.0954. The first kappa shape index (κ1) is 26.8. The van der Waals surface area contributed by atoms with Crippen molar-refractivity contribution in [3.05, 3.63) is 88.3 Å². The Morgan fingerprint density at radius 1 is 0.921 bits per heavy atom. The van der Waals surface area contributed by atoms with Gasteiger partial charge in [-0.2, -0.15) is 0 Å². The zero-order valence-electron chi connectivity index (χ0n) is 21.3. The van der Waals surface area contributed by atoms with E-state index >= 15 is 0 Å². The number of benzene rings is 3. The van der Waals surface area contributed by atoms with Crippen molar-refractivity contribution in [1.82, 2.24) is 4.90 Å². The van der Waals surface area contributed by atoms with Gasteiger partial charge in [0, 0.05) is 0 Å². The topological polar surface area (TPSA) is 91.4 Å². The number of imide groups is 1. The summed E-state index contributed by atoms with van der Waals surface area (Å²) < 4.78 is 22.2. The fourth-order valence-electron chi connectivity index (χ4n) is 3.64. The van der Waals surface area contributed by atoms with E-state index in [4.69, 9.17) is 18.9 Å². The van der Waals surface area contributed by atoms with Crippen molar-refractivity contribution in [3.8, 4) is 23.0 Å². The summed E-state index contributed by atoms with van der Waals surface area (Å²) in [4.78, 5) is 39.4. The standard InChI is InChI=1S/C29H27NO7S/c1-4-35-25-17-20(11-14-24(25)37-28(32)21-12-9-19(2)10-13-21)18-26-27(31)30(29(33)38-26)15-16-36-23-8-6-5-7-22(23)34-3/h5-14,17-18H,4,15-16H2,1-3H3/b26-18-. The molecule has 8 nitrogen and oxygen atoms in total. The molecular formula is C29H27NO7S. The molecule has 2 amide bonds. The van der Waals surface area contributed by atoms with E-state index in [0.717, 1.165) is 22.2 Å². The number of amides is 2. The molecule has 1 heterocycles. The summed E-state index contributed by atoms with van der Waals surface area (Å²) >= 11 is 0.855. The van der Waals surface area contributed by atoms with Crippen LogP contribution in [0.5, 0.6) is 23.0 Å². The van der Waals surface area contributed by atoms with Crippen molar-refractivity contribution in [2.45, 2.75) is 13.8 Å². The number of rotatable bonds is 10. The van der Waals surface area contributed by atoms with Gasteiger partial charge < -0.3 is 18.9 Å². The van der Waals surface area contributed by atoms with Gasteiger partial charge in [0.25, 0.3) is 11.1 Å². The Hall–Kier alpha value is -4.24. The molecule has 0 radical (unpaired) electrons. The quantitative estimate of drug-likeness (QED) is 0.185. The van der Waals surface area contributed by atoms with E-state index in [2.05, 4.69) is 0 Å². The number of hydrogen-bond donors (Lipinski definition) is 0. The molecule has 0 aromatic heterocycles. The van der Waals surface area contributed by atoms with Gasteiger partial charge in [-0.1, -0.05) is 35.9 Å². The number of methoxy groups -OCH3 is 1. The SMILES string of the molecule is CCOc1cc(/C=C2\SC(=O)N(CCOc3ccccc3OC)C2=O)ccc1OC(=O)c1ccc(C)cc1. The van der Waals surface area contributed by atoms with Gasteiger partial charge in [0.1, 0.15) is 6.61 Å². The average molecular weight is 534 g/mol. The highest BCUT2D eigenvalue weighted by molar-refractivity contribution is 8.18. The maximum absolute atomic E-state index is 12.9. The third-order valence-electron chi connectivity index (χ3n) is 5.57. The van der Waals surface area contributed by atoms with Crippen molar-refractivity contribution < 1.29 is 33.3 Å². The molecule has 196 valence electrons. The van der Waals surface area contributed by atoms with Crippen molar-refractivity contribution in [2.75, 3.05) is 26.9 Å². The van der Waals surface area contributed by atoms with Crippen LogP contribution in [0.25, 0.3) is 6.08 Å². The minimum atomic E-state index is -0.504. The Kier molecular flexibility index (Phi) is 8.70. The number of aryl methyl sites for hydroxylation is 1. The molecule has 1 aliphatic rings. The molecule has 0 spiro atoms. The summed E-state index contributed by atoms with van der Waals surface area (Å²) in [5.41, 5.74) is 2.08. The zero-order valence-corrected chi connectivity index (χ0v) is 22.1. The van der Waals surface area contributed by atoms with Gasteiger partial charge in [0.05, 0.1) is 30.7 Å². The zero-order chi connectivity index (χ0) is 27.1. The van der Waals surface area contributed by atoms with Crippen LogP contribution in [0.3, 0.4) is 0 Å². The maximum atomic E-state index is 12.9. The number of para-hydroxylation sites is 2. The summed E-state index contributed by atoms with van der Waals surface area (Å²) in [6.45, 7) is 4.32. The van der Waals surface area contributed by atoms with Crippen LogP contribution in [0.4, 0.5) is 4.79 Å². The molecule has 0 unspecified atom stereocenters. The summed E-state index contributed by atoms with van der Waals surface area (Å²) in [7, 11) is 1.54. The first-order chi connectivity index (χ1) is 18.4. The van der Waals surface area contributed by atoms with Crippen LogP contribution in [0.1, 0.15) is 28.4 Å². The molecule has 9 heteroatoms. The van der Waals surface area contributed by atoms with Crippen LogP contribution >= 0.6 is 11.8 Å². The smallest absolute Gasteiger partial charge is 0.343 e. The fourth-order valence-corrected chi connectivity index (χ4v) is 4.51. The minimum Gasteiger partial charge on any atom is -0.493 e. The normalized spacial score (nSPS) is 14.1. The van der Waals surface area contributed by atoms with E-state index in [1.807, 2.05) is 38.1 Å². The van der Waals surface area contributed by atoms with Gasteiger partial charge in [-0.15, -0.1) is 0 Å². The lowest BCUT2D eigenvalue weighted by Crippen LogP contribution is -2.32. The highest BCUT2D eigenvalue weighted by Gasteiger charge is 2.35. The van der Waals surface area contributed by atoms with Crippen LogP contribution in [0.2, 0.25) is 0 Å². The largest absolute Gasteiger partial charge is 0.493 e. The molecule has 4 rings (SSSR count). The van der Waals surface area contributed by atoms with Crippen molar-refractivity contribution in [3.63, 3.8) is 0 Å². The molecule has 3 aromatic carbocycles. The van der Waals surface area contributed by atoms with E-state index in [1.165, 1.54) is 0 Å². The molecule has 0 saturated carbocycles. The van der Waals surface area contributed by atoms with Gasteiger partial charge in [-0.3, -0.25) is 14.5 Å². The Bertz CT molecular complexity index is 1370. The fraction of sp³-hybridized carbons (Fsp3) is 0.207. The third-order valence-corrected chi connectivity index (χ3v) is 6.48. The average Bonchev–Trinajstić information content (AvgIpc) is 3.18. The Morgan fingerprint density at radius 3 is 2.37 bits per heavy atom. The summed E-state index contributed by atoms with van der Waals surface area (Å²) in [5, 5.41) is -0.376. The van der Waals surface area contributed by atoms with Crippen LogP contribution in [0.15, 0.2) is 71.6 Å². The van der Waals surface area contributed by atoms with Crippen LogP contribution in [0, 0.1) is 6.92 Å². The number of nitrogens with zero attached hydrogens (tertiary/aromatic N) is 1. The first-order valence-corrected chi connectivity index (χ1v) is 12.8. The second kappa shape index (κ2) is 12.3.